The van der Waals surface area contributed by atoms with Gasteiger partial charge in [0.25, 0.3) is 0 Å². The first-order valence-corrected chi connectivity index (χ1v) is 4.72. The minimum atomic E-state index is -4.97. The van der Waals surface area contributed by atoms with Gasteiger partial charge < -0.3 is 10.8 Å². The molecule has 1 unspecified atom stereocenters. The SMILES string of the molecule is NC(CO)c1c(C(F)(F)F)cccc1C(F)(F)F. The number of aliphatic hydroxyl groups is 1. The Balaban J connectivity index is 3.56. The van der Waals surface area contributed by atoms with E-state index in [2.05, 4.69) is 0 Å². The van der Waals surface area contributed by atoms with E-state index < -0.39 is 41.7 Å². The quantitative estimate of drug-likeness (QED) is 0.814. The average Bonchev–Trinajstić information content (AvgIpc) is 2.24. The van der Waals surface area contributed by atoms with Crippen molar-refractivity contribution in [2.45, 2.75) is 18.4 Å². The topological polar surface area (TPSA) is 46.2 Å². The fourth-order valence-corrected chi connectivity index (χ4v) is 1.55. The molecule has 8 heteroatoms. The molecule has 0 aliphatic heterocycles. The van der Waals surface area contributed by atoms with Crippen LogP contribution in [0.2, 0.25) is 0 Å². The molecule has 102 valence electrons. The molecule has 0 fully saturated rings. The van der Waals surface area contributed by atoms with E-state index in [9.17, 15) is 26.3 Å². The van der Waals surface area contributed by atoms with Gasteiger partial charge in [0.2, 0.25) is 0 Å². The molecule has 1 rings (SSSR count). The molecule has 1 aromatic carbocycles. The molecule has 0 saturated carbocycles. The molecule has 1 atom stereocenters. The molecule has 0 spiro atoms. The summed E-state index contributed by atoms with van der Waals surface area (Å²) in [6.45, 7) is -1.02. The van der Waals surface area contributed by atoms with Crippen LogP contribution in [0.3, 0.4) is 0 Å². The number of aliphatic hydroxyl groups excluding tert-OH is 1. The van der Waals surface area contributed by atoms with Crippen LogP contribution >= 0.6 is 0 Å². The number of hydrogen-bond donors (Lipinski definition) is 2. The van der Waals surface area contributed by atoms with Crippen LogP contribution in [0, 0.1) is 0 Å². The zero-order valence-electron chi connectivity index (χ0n) is 8.81. The lowest BCUT2D eigenvalue weighted by atomic mass is 9.94. The second-order valence-corrected chi connectivity index (χ2v) is 3.55. The predicted molar refractivity (Wildman–Crippen MR) is 50.5 cm³/mol. The fraction of sp³-hybridized carbons (Fsp3) is 0.400. The molecular formula is C10H9F6NO. The second kappa shape index (κ2) is 4.77. The molecule has 0 radical (unpaired) electrons. The second-order valence-electron chi connectivity index (χ2n) is 3.55. The van der Waals surface area contributed by atoms with Crippen molar-refractivity contribution in [1.82, 2.24) is 0 Å². The Morgan fingerprint density at radius 1 is 1.00 bits per heavy atom. The molecule has 0 amide bonds. The van der Waals surface area contributed by atoms with Crippen LogP contribution in [0.25, 0.3) is 0 Å². The molecule has 0 aliphatic carbocycles. The fourth-order valence-electron chi connectivity index (χ4n) is 1.55. The summed E-state index contributed by atoms with van der Waals surface area (Å²) in [5, 5.41) is 8.71. The maximum Gasteiger partial charge on any atom is 0.416 e. The van der Waals surface area contributed by atoms with Gasteiger partial charge >= 0.3 is 12.4 Å². The lowest BCUT2D eigenvalue weighted by molar-refractivity contribution is -0.144. The lowest BCUT2D eigenvalue weighted by Crippen LogP contribution is -2.25. The van der Waals surface area contributed by atoms with Crippen molar-refractivity contribution in [2.24, 2.45) is 5.73 Å². The number of alkyl halides is 6. The first-order chi connectivity index (χ1) is 8.09. The van der Waals surface area contributed by atoms with Crippen LogP contribution in [0.1, 0.15) is 22.7 Å². The first kappa shape index (κ1) is 14.8. The third-order valence-corrected chi connectivity index (χ3v) is 2.28. The first-order valence-electron chi connectivity index (χ1n) is 4.72. The zero-order chi connectivity index (χ0) is 14.1. The summed E-state index contributed by atoms with van der Waals surface area (Å²) in [4.78, 5) is 0. The van der Waals surface area contributed by atoms with E-state index in [0.717, 1.165) is 0 Å². The third-order valence-electron chi connectivity index (χ3n) is 2.28. The number of benzene rings is 1. The molecule has 18 heavy (non-hydrogen) atoms. The van der Waals surface area contributed by atoms with Crippen molar-refractivity contribution in [3.05, 3.63) is 34.9 Å². The van der Waals surface area contributed by atoms with Crippen molar-refractivity contribution in [2.75, 3.05) is 6.61 Å². The van der Waals surface area contributed by atoms with Crippen LogP contribution in [0.4, 0.5) is 26.3 Å². The molecule has 0 saturated heterocycles. The predicted octanol–water partition coefficient (Wildman–Crippen LogP) is 2.72. The normalized spacial score (nSPS) is 14.7. The number of hydrogen-bond acceptors (Lipinski definition) is 2. The summed E-state index contributed by atoms with van der Waals surface area (Å²) >= 11 is 0. The molecule has 0 aliphatic rings. The van der Waals surface area contributed by atoms with Crippen molar-refractivity contribution < 1.29 is 31.4 Å². The summed E-state index contributed by atoms with van der Waals surface area (Å²) in [6, 6.07) is -0.0983. The summed E-state index contributed by atoms with van der Waals surface area (Å²) in [5.41, 5.74) is 1.03. The Labute approximate surface area is 98.0 Å². The zero-order valence-corrected chi connectivity index (χ0v) is 8.81. The highest BCUT2D eigenvalue weighted by Crippen LogP contribution is 2.41. The van der Waals surface area contributed by atoms with E-state index in [1.54, 1.807) is 0 Å². The summed E-state index contributed by atoms with van der Waals surface area (Å²) in [7, 11) is 0. The van der Waals surface area contributed by atoms with Crippen molar-refractivity contribution >= 4 is 0 Å². The highest BCUT2D eigenvalue weighted by atomic mass is 19.4. The van der Waals surface area contributed by atoms with Crippen molar-refractivity contribution in [1.29, 1.82) is 0 Å². The van der Waals surface area contributed by atoms with Crippen LogP contribution < -0.4 is 5.73 Å². The lowest BCUT2D eigenvalue weighted by Gasteiger charge is -2.21. The molecule has 0 bridgehead atoms. The van der Waals surface area contributed by atoms with Crippen LogP contribution in [-0.4, -0.2) is 11.7 Å². The van der Waals surface area contributed by atoms with Gasteiger partial charge in [0.1, 0.15) is 0 Å². The molecule has 3 N–H and O–H groups in total. The van der Waals surface area contributed by atoms with Gasteiger partial charge in [0.15, 0.2) is 0 Å². The summed E-state index contributed by atoms with van der Waals surface area (Å²) in [6.07, 6.45) is -9.94. The van der Waals surface area contributed by atoms with E-state index in [0.29, 0.717) is 18.2 Å². The molecular weight excluding hydrogens is 264 g/mol. The average molecular weight is 273 g/mol. The van der Waals surface area contributed by atoms with E-state index in [1.165, 1.54) is 0 Å². The van der Waals surface area contributed by atoms with Crippen LogP contribution in [-0.2, 0) is 12.4 Å². The van der Waals surface area contributed by atoms with Crippen molar-refractivity contribution in [3.8, 4) is 0 Å². The van der Waals surface area contributed by atoms with E-state index in [1.807, 2.05) is 0 Å². The van der Waals surface area contributed by atoms with Gasteiger partial charge in [-0.05, 0) is 17.7 Å². The van der Waals surface area contributed by atoms with Crippen molar-refractivity contribution in [3.63, 3.8) is 0 Å². The maximum atomic E-state index is 12.6. The van der Waals surface area contributed by atoms with Gasteiger partial charge in [-0.15, -0.1) is 0 Å². The Kier molecular flexibility index (Phi) is 3.92. The smallest absolute Gasteiger partial charge is 0.394 e. The Morgan fingerprint density at radius 2 is 1.39 bits per heavy atom. The van der Waals surface area contributed by atoms with Gasteiger partial charge in [0.05, 0.1) is 23.8 Å². The Hall–Kier alpha value is -1.28. The standard InChI is InChI=1S/C10H9F6NO/c11-9(12,13)5-2-1-3-6(10(14,15)16)8(5)7(17)4-18/h1-3,7,18H,4,17H2. The van der Waals surface area contributed by atoms with E-state index in [-0.39, 0.29) is 0 Å². The Bertz CT molecular complexity index is 393. The molecule has 1 aromatic rings. The molecule has 0 aromatic heterocycles. The highest BCUT2D eigenvalue weighted by Gasteiger charge is 2.41. The number of rotatable bonds is 2. The van der Waals surface area contributed by atoms with Crippen LogP contribution in [0.5, 0.6) is 0 Å². The van der Waals surface area contributed by atoms with Crippen LogP contribution in [0.15, 0.2) is 18.2 Å². The molecule has 0 heterocycles. The minimum Gasteiger partial charge on any atom is -0.394 e. The monoisotopic (exact) mass is 273 g/mol. The third kappa shape index (κ3) is 2.94. The maximum absolute atomic E-state index is 12.6. The van der Waals surface area contributed by atoms with E-state index in [4.69, 9.17) is 10.8 Å². The van der Waals surface area contributed by atoms with E-state index >= 15 is 0 Å². The van der Waals surface area contributed by atoms with Gasteiger partial charge in [-0.3, -0.25) is 0 Å². The highest BCUT2D eigenvalue weighted by molar-refractivity contribution is 5.41. The Morgan fingerprint density at radius 3 is 1.67 bits per heavy atom. The van der Waals surface area contributed by atoms with Gasteiger partial charge in [-0.2, -0.15) is 26.3 Å². The van der Waals surface area contributed by atoms with Gasteiger partial charge in [0, 0.05) is 0 Å². The number of nitrogens with two attached hydrogens (primary N) is 1. The van der Waals surface area contributed by atoms with Gasteiger partial charge in [-0.1, -0.05) is 6.07 Å². The largest absolute Gasteiger partial charge is 0.416 e. The summed E-state index contributed by atoms with van der Waals surface area (Å²) in [5.74, 6) is 0. The number of halogens is 6. The summed E-state index contributed by atoms with van der Waals surface area (Å²) < 4.78 is 75.7. The minimum absolute atomic E-state index is 0.500. The van der Waals surface area contributed by atoms with Gasteiger partial charge in [-0.25, -0.2) is 0 Å². The molecule has 2 nitrogen and oxygen atoms in total.